The molecular formula is C13H21ClN4. The summed E-state index contributed by atoms with van der Waals surface area (Å²) in [5, 5.41) is 0.449. The van der Waals surface area contributed by atoms with Gasteiger partial charge in [0.05, 0.1) is 18.1 Å². The van der Waals surface area contributed by atoms with E-state index in [0.717, 1.165) is 18.8 Å². The second kappa shape index (κ2) is 5.51. The largest absolute Gasteiger partial charge is 0.302 e. The Balaban J connectivity index is 1.92. The van der Waals surface area contributed by atoms with Crippen LogP contribution in [0.15, 0.2) is 12.4 Å². The van der Waals surface area contributed by atoms with Crippen LogP contribution in [0, 0.1) is 0 Å². The molecule has 1 aromatic heterocycles. The van der Waals surface area contributed by atoms with Crippen molar-refractivity contribution < 1.29 is 0 Å². The van der Waals surface area contributed by atoms with Gasteiger partial charge in [-0.3, -0.25) is 9.88 Å². The molecule has 1 aliphatic rings. The van der Waals surface area contributed by atoms with Crippen LogP contribution in [0.3, 0.4) is 0 Å². The number of nitrogens with zero attached hydrogens (tertiary/aromatic N) is 4. The molecule has 18 heavy (non-hydrogen) atoms. The molecule has 0 bridgehead atoms. The van der Waals surface area contributed by atoms with Crippen molar-refractivity contribution in [3.05, 3.63) is 23.2 Å². The Bertz CT molecular complexity index is 386. The van der Waals surface area contributed by atoms with Crippen molar-refractivity contribution in [2.45, 2.75) is 31.3 Å². The van der Waals surface area contributed by atoms with Gasteiger partial charge in [-0.25, -0.2) is 4.98 Å². The summed E-state index contributed by atoms with van der Waals surface area (Å²) in [6.07, 6.45) is 7.28. The number of rotatable bonds is 5. The number of hydrogen-bond donors (Lipinski definition) is 0. The monoisotopic (exact) mass is 268 g/mol. The molecule has 0 aliphatic heterocycles. The van der Waals surface area contributed by atoms with Crippen molar-refractivity contribution in [2.24, 2.45) is 0 Å². The van der Waals surface area contributed by atoms with Crippen molar-refractivity contribution in [3.63, 3.8) is 0 Å². The zero-order valence-electron chi connectivity index (χ0n) is 11.4. The lowest BCUT2D eigenvalue weighted by Crippen LogP contribution is -2.56. The van der Waals surface area contributed by atoms with Crippen LogP contribution in [-0.2, 0) is 6.54 Å². The summed E-state index contributed by atoms with van der Waals surface area (Å²) < 4.78 is 0. The van der Waals surface area contributed by atoms with Crippen molar-refractivity contribution in [3.8, 4) is 0 Å². The summed E-state index contributed by atoms with van der Waals surface area (Å²) in [6, 6.07) is 0. The predicted molar refractivity (Wildman–Crippen MR) is 73.6 cm³/mol. The molecule has 0 amide bonds. The molecule has 0 radical (unpaired) electrons. The molecule has 0 N–H and O–H groups in total. The molecule has 4 nitrogen and oxygen atoms in total. The maximum Gasteiger partial charge on any atom is 0.147 e. The van der Waals surface area contributed by atoms with E-state index in [2.05, 4.69) is 40.9 Å². The van der Waals surface area contributed by atoms with E-state index in [-0.39, 0.29) is 0 Å². The van der Waals surface area contributed by atoms with Crippen LogP contribution in [0.1, 0.15) is 25.0 Å². The highest BCUT2D eigenvalue weighted by atomic mass is 35.5. The highest BCUT2D eigenvalue weighted by Gasteiger charge is 2.39. The van der Waals surface area contributed by atoms with Crippen molar-refractivity contribution in [1.82, 2.24) is 19.8 Å². The van der Waals surface area contributed by atoms with E-state index >= 15 is 0 Å². The highest BCUT2D eigenvalue weighted by Crippen LogP contribution is 2.36. The molecule has 2 rings (SSSR count). The molecule has 1 aliphatic carbocycles. The topological polar surface area (TPSA) is 32.3 Å². The van der Waals surface area contributed by atoms with Gasteiger partial charge < -0.3 is 4.90 Å². The van der Waals surface area contributed by atoms with Crippen LogP contribution in [0.5, 0.6) is 0 Å². The fourth-order valence-electron chi connectivity index (χ4n) is 2.59. The van der Waals surface area contributed by atoms with E-state index in [0.29, 0.717) is 10.7 Å². The minimum absolute atomic E-state index is 0.356. The van der Waals surface area contributed by atoms with Crippen LogP contribution in [0.2, 0.25) is 5.15 Å². The maximum atomic E-state index is 5.73. The average molecular weight is 269 g/mol. The Morgan fingerprint density at radius 3 is 2.39 bits per heavy atom. The van der Waals surface area contributed by atoms with Gasteiger partial charge >= 0.3 is 0 Å². The van der Waals surface area contributed by atoms with Crippen molar-refractivity contribution in [1.29, 1.82) is 0 Å². The van der Waals surface area contributed by atoms with Crippen LogP contribution in [0.25, 0.3) is 0 Å². The molecule has 0 unspecified atom stereocenters. The lowest BCUT2D eigenvalue weighted by molar-refractivity contribution is 0.0256. The number of hydrogen-bond acceptors (Lipinski definition) is 4. The minimum atomic E-state index is 0.356. The molecule has 0 saturated heterocycles. The van der Waals surface area contributed by atoms with Gasteiger partial charge in [0, 0.05) is 18.6 Å². The molecule has 1 saturated carbocycles. The van der Waals surface area contributed by atoms with Crippen LogP contribution in [0.4, 0.5) is 0 Å². The predicted octanol–water partition coefficient (Wildman–Crippen LogP) is 2.05. The fourth-order valence-corrected chi connectivity index (χ4v) is 2.68. The fraction of sp³-hybridized carbons (Fsp3) is 0.692. The lowest BCUT2D eigenvalue weighted by atomic mass is 9.75. The Morgan fingerprint density at radius 1 is 1.22 bits per heavy atom. The molecule has 1 aromatic rings. The second-order valence-electron chi connectivity index (χ2n) is 5.48. The molecule has 100 valence electrons. The smallest absolute Gasteiger partial charge is 0.147 e. The van der Waals surface area contributed by atoms with E-state index in [9.17, 15) is 0 Å². The van der Waals surface area contributed by atoms with Crippen LogP contribution >= 0.6 is 11.6 Å². The number of halogens is 1. The summed E-state index contributed by atoms with van der Waals surface area (Å²) in [5.41, 5.74) is 1.32. The molecular weight excluding hydrogens is 248 g/mol. The third-order valence-electron chi connectivity index (χ3n) is 3.90. The van der Waals surface area contributed by atoms with Gasteiger partial charge in [0.2, 0.25) is 0 Å². The maximum absolute atomic E-state index is 5.73. The van der Waals surface area contributed by atoms with Gasteiger partial charge in [0.15, 0.2) is 0 Å². The van der Waals surface area contributed by atoms with Crippen LogP contribution < -0.4 is 0 Å². The van der Waals surface area contributed by atoms with E-state index in [1.54, 1.807) is 12.4 Å². The first-order valence-corrected chi connectivity index (χ1v) is 6.72. The lowest BCUT2D eigenvalue weighted by Gasteiger charge is -2.49. The molecule has 0 atom stereocenters. The Hall–Kier alpha value is -0.710. The standard InChI is InChI=1S/C13H21ClN4/c1-17(2)13(5-4-6-13)10-18(3)9-11-7-16-12(14)8-15-11/h7-8H,4-6,9-10H2,1-3H3. The molecule has 1 heterocycles. The van der Waals surface area contributed by atoms with E-state index in [1.807, 2.05) is 0 Å². The first-order valence-electron chi connectivity index (χ1n) is 6.34. The summed E-state index contributed by atoms with van der Waals surface area (Å²) in [4.78, 5) is 13.0. The van der Waals surface area contributed by atoms with E-state index in [1.165, 1.54) is 19.3 Å². The molecule has 0 spiro atoms. The quantitative estimate of drug-likeness (QED) is 0.818. The van der Waals surface area contributed by atoms with Gasteiger partial charge in [-0.1, -0.05) is 11.6 Å². The van der Waals surface area contributed by atoms with Gasteiger partial charge in [-0.05, 0) is 40.4 Å². The van der Waals surface area contributed by atoms with E-state index < -0.39 is 0 Å². The first-order chi connectivity index (χ1) is 8.52. The molecule has 0 aromatic carbocycles. The summed E-state index contributed by atoms with van der Waals surface area (Å²) in [7, 11) is 6.49. The van der Waals surface area contributed by atoms with Gasteiger partial charge in [-0.15, -0.1) is 0 Å². The zero-order valence-corrected chi connectivity index (χ0v) is 12.1. The third kappa shape index (κ3) is 2.99. The van der Waals surface area contributed by atoms with Crippen molar-refractivity contribution in [2.75, 3.05) is 27.7 Å². The van der Waals surface area contributed by atoms with E-state index in [4.69, 9.17) is 11.6 Å². The highest BCUT2D eigenvalue weighted by molar-refractivity contribution is 6.29. The average Bonchev–Trinajstić information content (AvgIpc) is 2.26. The first kappa shape index (κ1) is 13.7. The van der Waals surface area contributed by atoms with Gasteiger partial charge in [0.1, 0.15) is 5.15 Å². The Labute approximate surface area is 114 Å². The zero-order chi connectivity index (χ0) is 13.2. The number of likely N-dealkylation sites (N-methyl/N-ethyl adjacent to an activating group) is 2. The SMILES string of the molecule is CN(Cc1cnc(Cl)cn1)CC1(N(C)C)CCC1. The second-order valence-corrected chi connectivity index (χ2v) is 5.86. The van der Waals surface area contributed by atoms with Gasteiger partial charge in [0.25, 0.3) is 0 Å². The Kier molecular flexibility index (Phi) is 4.20. The number of aromatic nitrogens is 2. The van der Waals surface area contributed by atoms with Crippen molar-refractivity contribution >= 4 is 11.6 Å². The Morgan fingerprint density at radius 2 is 1.94 bits per heavy atom. The minimum Gasteiger partial charge on any atom is -0.302 e. The third-order valence-corrected chi connectivity index (χ3v) is 4.10. The molecule has 5 heteroatoms. The summed E-state index contributed by atoms with van der Waals surface area (Å²) >= 11 is 5.73. The van der Waals surface area contributed by atoms with Crippen LogP contribution in [-0.4, -0.2) is 53.0 Å². The summed E-state index contributed by atoms with van der Waals surface area (Å²) in [6.45, 7) is 1.89. The normalized spacial score (nSPS) is 18.1. The summed E-state index contributed by atoms with van der Waals surface area (Å²) in [5.74, 6) is 0. The molecule has 1 fully saturated rings. The van der Waals surface area contributed by atoms with Gasteiger partial charge in [-0.2, -0.15) is 0 Å².